The van der Waals surface area contributed by atoms with Gasteiger partial charge in [0.25, 0.3) is 0 Å². The number of ketones is 1. The first-order chi connectivity index (χ1) is 14.3. The molecule has 0 radical (unpaired) electrons. The van der Waals surface area contributed by atoms with Crippen molar-refractivity contribution in [3.63, 3.8) is 0 Å². The van der Waals surface area contributed by atoms with Gasteiger partial charge in [-0.15, -0.1) is 0 Å². The van der Waals surface area contributed by atoms with Crippen LogP contribution in [-0.2, 0) is 19.2 Å². The monoisotopic (exact) mass is 422 g/mol. The number of hydrogen-bond acceptors (Lipinski definition) is 5. The molecule has 0 aromatic heterocycles. The number of carbonyl (C=O) groups is 4. The van der Waals surface area contributed by atoms with Crippen LogP contribution < -0.4 is 21.7 Å². The number of rotatable bonds is 10. The second-order valence-electron chi connectivity index (χ2n) is 8.98. The highest BCUT2D eigenvalue weighted by Crippen LogP contribution is 2.29. The molecule has 2 saturated carbocycles. The minimum absolute atomic E-state index is 0.0302. The topological polar surface area (TPSA) is 130 Å². The van der Waals surface area contributed by atoms with Crippen LogP contribution >= 0.6 is 0 Å². The van der Waals surface area contributed by atoms with Crippen molar-refractivity contribution < 1.29 is 19.2 Å². The van der Waals surface area contributed by atoms with Gasteiger partial charge in [0.2, 0.25) is 17.7 Å². The molecule has 0 bridgehead atoms. The Labute approximate surface area is 179 Å². The highest BCUT2D eigenvalue weighted by Gasteiger charge is 2.36. The van der Waals surface area contributed by atoms with Crippen LogP contribution in [-0.4, -0.2) is 48.2 Å². The van der Waals surface area contributed by atoms with Gasteiger partial charge < -0.3 is 16.4 Å². The Morgan fingerprint density at radius 1 is 0.800 bits per heavy atom. The molecule has 2 unspecified atom stereocenters. The molecule has 170 valence electrons. The van der Waals surface area contributed by atoms with Crippen molar-refractivity contribution in [3.05, 3.63) is 0 Å². The van der Waals surface area contributed by atoms with Crippen LogP contribution in [0.2, 0.25) is 0 Å². The van der Waals surface area contributed by atoms with E-state index in [1.165, 1.54) is 6.92 Å². The van der Waals surface area contributed by atoms with Crippen molar-refractivity contribution >= 4 is 23.5 Å². The predicted molar refractivity (Wildman–Crippen MR) is 114 cm³/mol. The van der Waals surface area contributed by atoms with Crippen LogP contribution in [0.3, 0.4) is 0 Å². The fourth-order valence-electron chi connectivity index (χ4n) is 4.66. The maximum absolute atomic E-state index is 13.2. The molecule has 2 aliphatic carbocycles. The summed E-state index contributed by atoms with van der Waals surface area (Å²) < 4.78 is 0. The molecular weight excluding hydrogens is 384 g/mol. The van der Waals surface area contributed by atoms with E-state index in [0.717, 1.165) is 64.2 Å². The molecule has 0 aliphatic heterocycles. The lowest BCUT2D eigenvalue weighted by molar-refractivity contribution is -0.134. The van der Waals surface area contributed by atoms with Crippen LogP contribution in [0.25, 0.3) is 0 Å². The molecule has 0 aromatic rings. The summed E-state index contributed by atoms with van der Waals surface area (Å²) in [6, 6.07) is -2.00. The molecule has 2 aliphatic rings. The van der Waals surface area contributed by atoms with E-state index >= 15 is 0 Å². The Balaban J connectivity index is 2.08. The van der Waals surface area contributed by atoms with E-state index < -0.39 is 24.0 Å². The minimum atomic E-state index is -0.704. The van der Waals surface area contributed by atoms with E-state index in [0.29, 0.717) is 0 Å². The summed E-state index contributed by atoms with van der Waals surface area (Å²) in [4.78, 5) is 49.2. The first kappa shape index (κ1) is 24.3. The van der Waals surface area contributed by atoms with Gasteiger partial charge in [0.15, 0.2) is 0 Å². The number of nitrogens with two attached hydrogens (primary N) is 1. The van der Waals surface area contributed by atoms with Crippen LogP contribution in [0.1, 0.15) is 78.1 Å². The van der Waals surface area contributed by atoms with Crippen molar-refractivity contribution in [3.8, 4) is 0 Å². The predicted octanol–water partition coefficient (Wildman–Crippen LogP) is 1.17. The number of carbonyl (C=O) groups excluding carboxylic acids is 4. The smallest absolute Gasteiger partial charge is 0.243 e. The third-order valence-corrected chi connectivity index (χ3v) is 6.48. The SMILES string of the molecule is CC(=O)CNC(C)C(=O)NC(C(=O)N[C@H](C(N)=O)C1CCCCC1)C1CCCCC1. The Bertz CT molecular complexity index is 612. The van der Waals surface area contributed by atoms with Crippen LogP contribution in [0, 0.1) is 11.8 Å². The summed E-state index contributed by atoms with van der Waals surface area (Å²) in [5.74, 6) is -1.14. The van der Waals surface area contributed by atoms with Gasteiger partial charge in [0, 0.05) is 0 Å². The third kappa shape index (κ3) is 7.38. The zero-order valence-electron chi connectivity index (χ0n) is 18.4. The molecule has 8 heteroatoms. The normalized spacial score (nSPS) is 21.3. The van der Waals surface area contributed by atoms with Gasteiger partial charge in [-0.05, 0) is 51.4 Å². The first-order valence-corrected chi connectivity index (χ1v) is 11.4. The lowest BCUT2D eigenvalue weighted by Gasteiger charge is -2.34. The van der Waals surface area contributed by atoms with Gasteiger partial charge in [-0.3, -0.25) is 24.5 Å². The minimum Gasteiger partial charge on any atom is -0.368 e. The average molecular weight is 423 g/mol. The Morgan fingerprint density at radius 3 is 1.73 bits per heavy atom. The maximum atomic E-state index is 13.2. The molecule has 0 heterocycles. The quantitative estimate of drug-likeness (QED) is 0.420. The molecule has 0 aromatic carbocycles. The van der Waals surface area contributed by atoms with E-state index in [1.807, 2.05) is 0 Å². The van der Waals surface area contributed by atoms with E-state index in [2.05, 4.69) is 16.0 Å². The molecule has 0 spiro atoms. The number of amides is 3. The Kier molecular flexibility index (Phi) is 9.75. The van der Waals surface area contributed by atoms with Crippen molar-refractivity contribution in [1.29, 1.82) is 0 Å². The van der Waals surface area contributed by atoms with Crippen LogP contribution in [0.5, 0.6) is 0 Å². The van der Waals surface area contributed by atoms with E-state index in [1.54, 1.807) is 6.92 Å². The maximum Gasteiger partial charge on any atom is 0.243 e. The highest BCUT2D eigenvalue weighted by atomic mass is 16.2. The summed E-state index contributed by atoms with van der Waals surface area (Å²) in [6.07, 6.45) is 9.84. The lowest BCUT2D eigenvalue weighted by Crippen LogP contribution is -2.59. The van der Waals surface area contributed by atoms with Gasteiger partial charge in [-0.2, -0.15) is 0 Å². The fraction of sp³-hybridized carbons (Fsp3) is 0.818. The summed E-state index contributed by atoms with van der Waals surface area (Å²) in [6.45, 7) is 3.22. The lowest BCUT2D eigenvalue weighted by atomic mass is 9.81. The van der Waals surface area contributed by atoms with Gasteiger partial charge in [0.1, 0.15) is 17.9 Å². The second-order valence-corrected chi connectivity index (χ2v) is 8.98. The standard InChI is InChI=1S/C22H38N4O4/c1-14(27)13-24-15(2)21(29)26-19(17-11-7-4-8-12-17)22(30)25-18(20(23)28)16-9-5-3-6-10-16/h15-19,24H,3-13H2,1-2H3,(H2,23,28)(H,25,30)(H,26,29)/t15?,18-,19?/m0/s1. The molecule has 2 fully saturated rings. The summed E-state index contributed by atoms with van der Waals surface area (Å²) in [5.41, 5.74) is 5.63. The summed E-state index contributed by atoms with van der Waals surface area (Å²) in [7, 11) is 0. The van der Waals surface area contributed by atoms with E-state index in [4.69, 9.17) is 5.73 Å². The van der Waals surface area contributed by atoms with Crippen LogP contribution in [0.15, 0.2) is 0 Å². The molecule has 0 saturated heterocycles. The summed E-state index contributed by atoms with van der Waals surface area (Å²) >= 11 is 0. The Hall–Kier alpha value is -1.96. The zero-order valence-corrected chi connectivity index (χ0v) is 18.4. The summed E-state index contributed by atoms with van der Waals surface area (Å²) in [5, 5.41) is 8.63. The number of Topliss-reactive ketones (excluding diaryl/α,β-unsaturated/α-hetero) is 1. The second kappa shape index (κ2) is 12.0. The molecule has 2 rings (SSSR count). The highest BCUT2D eigenvalue weighted by molar-refractivity contribution is 5.93. The molecule has 5 N–H and O–H groups in total. The number of hydrogen-bond donors (Lipinski definition) is 4. The average Bonchev–Trinajstić information content (AvgIpc) is 2.74. The van der Waals surface area contributed by atoms with Crippen molar-refractivity contribution in [1.82, 2.24) is 16.0 Å². The molecule has 3 atom stereocenters. The molecule has 8 nitrogen and oxygen atoms in total. The molecule has 3 amide bonds. The molecular formula is C22H38N4O4. The first-order valence-electron chi connectivity index (χ1n) is 11.4. The fourth-order valence-corrected chi connectivity index (χ4v) is 4.66. The van der Waals surface area contributed by atoms with Gasteiger partial charge in [-0.1, -0.05) is 38.5 Å². The van der Waals surface area contributed by atoms with Gasteiger partial charge in [0.05, 0.1) is 12.6 Å². The Morgan fingerprint density at radius 2 is 1.27 bits per heavy atom. The van der Waals surface area contributed by atoms with E-state index in [9.17, 15) is 19.2 Å². The van der Waals surface area contributed by atoms with Gasteiger partial charge >= 0.3 is 0 Å². The molecule has 30 heavy (non-hydrogen) atoms. The number of primary amides is 1. The zero-order chi connectivity index (χ0) is 22.1. The number of nitrogens with one attached hydrogen (secondary N) is 3. The van der Waals surface area contributed by atoms with Crippen molar-refractivity contribution in [2.45, 2.75) is 96.2 Å². The van der Waals surface area contributed by atoms with Crippen molar-refractivity contribution in [2.24, 2.45) is 17.6 Å². The third-order valence-electron chi connectivity index (χ3n) is 6.48. The van der Waals surface area contributed by atoms with Crippen molar-refractivity contribution in [2.75, 3.05) is 6.54 Å². The van der Waals surface area contributed by atoms with Crippen LogP contribution in [0.4, 0.5) is 0 Å². The largest absolute Gasteiger partial charge is 0.368 e. The van der Waals surface area contributed by atoms with E-state index in [-0.39, 0.29) is 36.0 Å². The van der Waals surface area contributed by atoms with Gasteiger partial charge in [-0.25, -0.2) is 0 Å².